The van der Waals surface area contributed by atoms with Crippen LogP contribution in [0.25, 0.3) is 0 Å². The standard InChI is InChI=1S/C19H27N3O3.ClH/c1-2-25-17-6-4-3-5-16(17)22-12-13(11-18(22)23)19(24)21-15-9-7-14(20)8-10-15;/h3-6,13-15H,2,7-12,20H2,1H3,(H,21,24);1H. The summed E-state index contributed by atoms with van der Waals surface area (Å²) in [6.07, 6.45) is 3.98. The molecule has 1 aliphatic carbocycles. The number of nitrogens with zero attached hydrogens (tertiary/aromatic N) is 1. The quantitative estimate of drug-likeness (QED) is 0.819. The third-order valence-electron chi connectivity index (χ3n) is 5.07. The van der Waals surface area contributed by atoms with Crippen LogP contribution in [0.4, 0.5) is 5.69 Å². The average Bonchev–Trinajstić information content (AvgIpc) is 2.99. The number of nitrogens with two attached hydrogens (primary N) is 1. The van der Waals surface area contributed by atoms with Crippen molar-refractivity contribution in [1.29, 1.82) is 0 Å². The van der Waals surface area contributed by atoms with Gasteiger partial charge in [-0.05, 0) is 44.7 Å². The maximum Gasteiger partial charge on any atom is 0.227 e. The number of hydrogen-bond donors (Lipinski definition) is 2. The zero-order chi connectivity index (χ0) is 17.8. The van der Waals surface area contributed by atoms with Crippen LogP contribution in [-0.4, -0.2) is 37.0 Å². The number of para-hydroxylation sites is 2. The molecule has 144 valence electrons. The molecule has 1 saturated carbocycles. The molecule has 0 bridgehead atoms. The lowest BCUT2D eigenvalue weighted by molar-refractivity contribution is -0.127. The fourth-order valence-electron chi connectivity index (χ4n) is 3.66. The summed E-state index contributed by atoms with van der Waals surface area (Å²) in [4.78, 5) is 26.7. The van der Waals surface area contributed by atoms with Gasteiger partial charge < -0.3 is 20.7 Å². The maximum atomic E-state index is 12.6. The minimum Gasteiger partial charge on any atom is -0.492 e. The Morgan fingerprint density at radius 1 is 1.27 bits per heavy atom. The lowest BCUT2D eigenvalue weighted by atomic mass is 9.91. The number of ether oxygens (including phenoxy) is 1. The highest BCUT2D eigenvalue weighted by Gasteiger charge is 2.37. The fourth-order valence-corrected chi connectivity index (χ4v) is 3.66. The summed E-state index contributed by atoms with van der Waals surface area (Å²) in [6, 6.07) is 7.92. The lowest BCUT2D eigenvalue weighted by Crippen LogP contribution is -2.43. The van der Waals surface area contributed by atoms with Crippen LogP contribution in [0, 0.1) is 5.92 Å². The highest BCUT2D eigenvalue weighted by molar-refractivity contribution is 6.01. The van der Waals surface area contributed by atoms with Crippen molar-refractivity contribution in [1.82, 2.24) is 5.32 Å². The van der Waals surface area contributed by atoms with E-state index < -0.39 is 0 Å². The molecule has 1 unspecified atom stereocenters. The largest absolute Gasteiger partial charge is 0.492 e. The van der Waals surface area contributed by atoms with E-state index in [2.05, 4.69) is 5.32 Å². The van der Waals surface area contributed by atoms with Crippen LogP contribution in [0.5, 0.6) is 5.75 Å². The van der Waals surface area contributed by atoms with Gasteiger partial charge in [-0.1, -0.05) is 12.1 Å². The first-order valence-corrected chi connectivity index (χ1v) is 9.16. The van der Waals surface area contributed by atoms with E-state index in [-0.39, 0.29) is 48.6 Å². The summed E-state index contributed by atoms with van der Waals surface area (Å²) in [5, 5.41) is 3.11. The first kappa shape index (κ1) is 20.5. The molecule has 0 spiro atoms. The average molecular weight is 382 g/mol. The molecule has 2 fully saturated rings. The Bertz CT molecular complexity index is 632. The van der Waals surface area contributed by atoms with E-state index in [0.717, 1.165) is 31.4 Å². The Hall–Kier alpha value is -1.79. The van der Waals surface area contributed by atoms with E-state index >= 15 is 0 Å². The van der Waals surface area contributed by atoms with Crippen molar-refractivity contribution >= 4 is 29.9 Å². The van der Waals surface area contributed by atoms with Crippen molar-refractivity contribution < 1.29 is 14.3 Å². The molecule has 3 N–H and O–H groups in total. The molecule has 1 aliphatic heterocycles. The third kappa shape index (κ3) is 4.68. The first-order valence-electron chi connectivity index (χ1n) is 9.16. The second-order valence-electron chi connectivity index (χ2n) is 6.93. The SMILES string of the molecule is CCOc1ccccc1N1CC(C(=O)NC2CCC(N)CC2)CC1=O.Cl. The van der Waals surface area contributed by atoms with Crippen LogP contribution < -0.4 is 20.7 Å². The van der Waals surface area contributed by atoms with Gasteiger partial charge in [-0.25, -0.2) is 0 Å². The summed E-state index contributed by atoms with van der Waals surface area (Å²) < 4.78 is 5.62. The molecule has 1 aromatic rings. The molecule has 6 nitrogen and oxygen atoms in total. The zero-order valence-electron chi connectivity index (χ0n) is 15.1. The van der Waals surface area contributed by atoms with Crippen LogP contribution in [0.1, 0.15) is 39.0 Å². The van der Waals surface area contributed by atoms with Gasteiger partial charge in [0.2, 0.25) is 11.8 Å². The van der Waals surface area contributed by atoms with Gasteiger partial charge in [0.25, 0.3) is 0 Å². The predicted octanol–water partition coefficient (Wildman–Crippen LogP) is 2.25. The molecular formula is C19H28ClN3O3. The highest BCUT2D eigenvalue weighted by atomic mass is 35.5. The van der Waals surface area contributed by atoms with Crippen LogP contribution in [0.2, 0.25) is 0 Å². The van der Waals surface area contributed by atoms with Crippen molar-refractivity contribution in [2.45, 2.75) is 51.1 Å². The minimum atomic E-state index is -0.308. The number of benzene rings is 1. The molecule has 1 atom stereocenters. The van der Waals surface area contributed by atoms with Gasteiger partial charge in [-0.2, -0.15) is 0 Å². The Kier molecular flexibility index (Phi) is 7.29. The van der Waals surface area contributed by atoms with Crippen molar-refractivity contribution in [3.8, 4) is 5.75 Å². The van der Waals surface area contributed by atoms with Gasteiger partial charge in [-0.15, -0.1) is 12.4 Å². The number of rotatable bonds is 5. The summed E-state index contributed by atoms with van der Waals surface area (Å²) >= 11 is 0. The molecule has 1 aromatic carbocycles. The van der Waals surface area contributed by atoms with Crippen LogP contribution in [0.15, 0.2) is 24.3 Å². The van der Waals surface area contributed by atoms with E-state index in [0.29, 0.717) is 18.9 Å². The van der Waals surface area contributed by atoms with Crippen LogP contribution in [-0.2, 0) is 9.59 Å². The first-order chi connectivity index (χ1) is 12.1. The van der Waals surface area contributed by atoms with Gasteiger partial charge in [0.1, 0.15) is 5.75 Å². The van der Waals surface area contributed by atoms with Crippen molar-refractivity contribution in [2.24, 2.45) is 11.7 Å². The van der Waals surface area contributed by atoms with E-state index in [9.17, 15) is 9.59 Å². The topological polar surface area (TPSA) is 84.7 Å². The maximum absolute atomic E-state index is 12.6. The number of nitrogens with one attached hydrogen (secondary N) is 1. The molecule has 1 heterocycles. The summed E-state index contributed by atoms with van der Waals surface area (Å²) in [7, 11) is 0. The lowest BCUT2D eigenvalue weighted by Gasteiger charge is -2.27. The number of carbonyl (C=O) groups is 2. The molecule has 26 heavy (non-hydrogen) atoms. The minimum absolute atomic E-state index is 0. The Morgan fingerprint density at radius 3 is 2.65 bits per heavy atom. The number of halogens is 1. The Labute approximate surface area is 160 Å². The van der Waals surface area contributed by atoms with Gasteiger partial charge in [0, 0.05) is 25.0 Å². The third-order valence-corrected chi connectivity index (χ3v) is 5.07. The van der Waals surface area contributed by atoms with E-state index in [4.69, 9.17) is 10.5 Å². The van der Waals surface area contributed by atoms with Gasteiger partial charge >= 0.3 is 0 Å². The number of carbonyl (C=O) groups excluding carboxylic acids is 2. The van der Waals surface area contributed by atoms with E-state index in [1.54, 1.807) is 4.90 Å². The summed E-state index contributed by atoms with van der Waals surface area (Å²) in [6.45, 7) is 2.85. The predicted molar refractivity (Wildman–Crippen MR) is 104 cm³/mol. The van der Waals surface area contributed by atoms with Gasteiger partial charge in [0.15, 0.2) is 0 Å². The number of amides is 2. The normalized spacial score (nSPS) is 25.5. The smallest absolute Gasteiger partial charge is 0.227 e. The zero-order valence-corrected chi connectivity index (χ0v) is 16.0. The monoisotopic (exact) mass is 381 g/mol. The number of anilines is 1. The summed E-state index contributed by atoms with van der Waals surface area (Å²) in [5.74, 6) is 0.321. The van der Waals surface area contributed by atoms with Crippen molar-refractivity contribution in [3.63, 3.8) is 0 Å². The Balaban J connectivity index is 0.00000243. The molecule has 2 aliphatic rings. The van der Waals surface area contributed by atoms with E-state index in [1.165, 1.54) is 0 Å². The second-order valence-corrected chi connectivity index (χ2v) is 6.93. The Morgan fingerprint density at radius 2 is 1.96 bits per heavy atom. The molecule has 2 amide bonds. The fraction of sp³-hybridized carbons (Fsp3) is 0.579. The molecule has 1 saturated heterocycles. The van der Waals surface area contributed by atoms with Gasteiger partial charge in [-0.3, -0.25) is 9.59 Å². The molecule has 7 heteroatoms. The highest BCUT2D eigenvalue weighted by Crippen LogP contribution is 2.33. The van der Waals surface area contributed by atoms with E-state index in [1.807, 2.05) is 31.2 Å². The van der Waals surface area contributed by atoms with Crippen molar-refractivity contribution in [2.75, 3.05) is 18.1 Å². The second kappa shape index (κ2) is 9.24. The number of hydrogen-bond acceptors (Lipinski definition) is 4. The van der Waals surface area contributed by atoms with Gasteiger partial charge in [0.05, 0.1) is 18.2 Å². The molecule has 0 aromatic heterocycles. The van der Waals surface area contributed by atoms with Crippen molar-refractivity contribution in [3.05, 3.63) is 24.3 Å². The van der Waals surface area contributed by atoms with Crippen LogP contribution in [0.3, 0.4) is 0 Å². The molecule has 0 radical (unpaired) electrons. The summed E-state index contributed by atoms with van der Waals surface area (Å²) in [5.41, 5.74) is 6.66. The molecule has 3 rings (SSSR count). The van der Waals surface area contributed by atoms with Crippen LogP contribution >= 0.6 is 12.4 Å². The molecular weight excluding hydrogens is 354 g/mol.